The summed E-state index contributed by atoms with van der Waals surface area (Å²) in [6, 6.07) is 7.22. The van der Waals surface area contributed by atoms with Crippen molar-refractivity contribution >= 4 is 15.9 Å². The minimum atomic E-state index is 0.505. The second-order valence-electron chi connectivity index (χ2n) is 5.19. The van der Waals surface area contributed by atoms with Crippen LogP contribution in [0.25, 0.3) is 0 Å². The number of nitrogens with one attached hydrogen (secondary N) is 1. The Labute approximate surface area is 113 Å². The van der Waals surface area contributed by atoms with Crippen molar-refractivity contribution in [3.8, 4) is 0 Å². The quantitative estimate of drug-likeness (QED) is 0.859. The Morgan fingerprint density at radius 1 is 1.24 bits per heavy atom. The molecule has 1 aliphatic rings. The normalized spacial score (nSPS) is 19.2. The van der Waals surface area contributed by atoms with E-state index in [4.69, 9.17) is 0 Å². The van der Waals surface area contributed by atoms with Crippen molar-refractivity contribution in [2.75, 3.05) is 7.05 Å². The molecule has 0 aliphatic heterocycles. The fourth-order valence-electron chi connectivity index (χ4n) is 3.00. The Morgan fingerprint density at radius 2 is 1.94 bits per heavy atom. The van der Waals surface area contributed by atoms with E-state index in [-0.39, 0.29) is 0 Å². The van der Waals surface area contributed by atoms with E-state index >= 15 is 0 Å². The van der Waals surface area contributed by atoms with Crippen molar-refractivity contribution in [3.05, 3.63) is 33.8 Å². The Balaban J connectivity index is 2.21. The summed E-state index contributed by atoms with van der Waals surface area (Å²) < 4.78 is 1.25. The third kappa shape index (κ3) is 3.11. The summed E-state index contributed by atoms with van der Waals surface area (Å²) in [5, 5.41) is 3.52. The Bertz CT molecular complexity index is 369. The number of halogens is 1. The topological polar surface area (TPSA) is 12.0 Å². The highest BCUT2D eigenvalue weighted by atomic mass is 79.9. The predicted molar refractivity (Wildman–Crippen MR) is 77.3 cm³/mol. The Kier molecular flexibility index (Phi) is 4.63. The van der Waals surface area contributed by atoms with Crippen molar-refractivity contribution in [1.82, 2.24) is 5.32 Å². The fourth-order valence-corrected chi connectivity index (χ4v) is 3.74. The van der Waals surface area contributed by atoms with Gasteiger partial charge in [-0.3, -0.25) is 0 Å². The predicted octanol–water partition coefficient (Wildman–Crippen LogP) is 4.60. The zero-order chi connectivity index (χ0) is 12.3. The van der Waals surface area contributed by atoms with E-state index in [2.05, 4.69) is 53.4 Å². The van der Waals surface area contributed by atoms with Crippen LogP contribution in [0.4, 0.5) is 0 Å². The first kappa shape index (κ1) is 13.1. The summed E-state index contributed by atoms with van der Waals surface area (Å²) >= 11 is 3.72. The minimum Gasteiger partial charge on any atom is -0.313 e. The molecule has 0 aromatic heterocycles. The van der Waals surface area contributed by atoms with Gasteiger partial charge in [-0.15, -0.1) is 0 Å². The van der Waals surface area contributed by atoms with Crippen LogP contribution in [-0.4, -0.2) is 7.05 Å². The molecule has 1 nitrogen and oxygen atoms in total. The van der Waals surface area contributed by atoms with Crippen LogP contribution in [0.1, 0.15) is 49.3 Å². The van der Waals surface area contributed by atoms with E-state index in [1.165, 1.54) is 47.7 Å². The molecule has 0 heterocycles. The van der Waals surface area contributed by atoms with Gasteiger partial charge in [-0.1, -0.05) is 47.3 Å². The van der Waals surface area contributed by atoms with E-state index in [1.807, 2.05) is 0 Å². The summed E-state index contributed by atoms with van der Waals surface area (Å²) in [6.07, 6.45) is 6.94. The maximum atomic E-state index is 3.72. The third-order valence-corrected chi connectivity index (χ3v) is 4.61. The molecular weight excluding hydrogens is 274 g/mol. The largest absolute Gasteiger partial charge is 0.313 e. The first-order valence-electron chi connectivity index (χ1n) is 6.65. The third-order valence-electron chi connectivity index (χ3n) is 3.92. The molecule has 1 N–H and O–H groups in total. The zero-order valence-corrected chi connectivity index (χ0v) is 12.4. The minimum absolute atomic E-state index is 0.505. The summed E-state index contributed by atoms with van der Waals surface area (Å²) in [7, 11) is 2.09. The number of hydrogen-bond acceptors (Lipinski definition) is 1. The molecule has 94 valence electrons. The summed E-state index contributed by atoms with van der Waals surface area (Å²) in [5.41, 5.74) is 2.74. The van der Waals surface area contributed by atoms with E-state index in [0.29, 0.717) is 6.04 Å². The van der Waals surface area contributed by atoms with Crippen molar-refractivity contribution in [1.29, 1.82) is 0 Å². The molecule has 1 fully saturated rings. The van der Waals surface area contributed by atoms with Crippen LogP contribution in [0.5, 0.6) is 0 Å². The second kappa shape index (κ2) is 6.01. The van der Waals surface area contributed by atoms with Crippen LogP contribution < -0.4 is 5.32 Å². The molecule has 0 radical (unpaired) electrons. The van der Waals surface area contributed by atoms with Gasteiger partial charge in [0, 0.05) is 10.5 Å². The van der Waals surface area contributed by atoms with Gasteiger partial charge in [0.15, 0.2) is 0 Å². The zero-order valence-electron chi connectivity index (χ0n) is 10.8. The number of aryl methyl sites for hydroxylation is 1. The fraction of sp³-hybridized carbons (Fsp3) is 0.600. The Morgan fingerprint density at radius 3 is 2.53 bits per heavy atom. The van der Waals surface area contributed by atoms with Gasteiger partial charge in [0.1, 0.15) is 0 Å². The van der Waals surface area contributed by atoms with Gasteiger partial charge in [0.05, 0.1) is 0 Å². The molecule has 1 aliphatic carbocycles. The molecule has 2 rings (SSSR count). The first-order valence-corrected chi connectivity index (χ1v) is 7.45. The van der Waals surface area contributed by atoms with Crippen LogP contribution in [0, 0.1) is 12.8 Å². The lowest BCUT2D eigenvalue weighted by Gasteiger charge is -2.31. The summed E-state index contributed by atoms with van der Waals surface area (Å²) in [4.78, 5) is 0. The summed E-state index contributed by atoms with van der Waals surface area (Å²) in [6.45, 7) is 2.14. The van der Waals surface area contributed by atoms with E-state index < -0.39 is 0 Å². The number of hydrogen-bond donors (Lipinski definition) is 1. The van der Waals surface area contributed by atoms with Gasteiger partial charge in [0.2, 0.25) is 0 Å². The smallest absolute Gasteiger partial charge is 0.0357 e. The molecule has 1 unspecified atom stereocenters. The van der Waals surface area contributed by atoms with Gasteiger partial charge in [0.25, 0.3) is 0 Å². The van der Waals surface area contributed by atoms with Gasteiger partial charge in [-0.05, 0) is 49.9 Å². The monoisotopic (exact) mass is 295 g/mol. The molecule has 2 heteroatoms. The second-order valence-corrected chi connectivity index (χ2v) is 6.04. The molecule has 1 saturated carbocycles. The highest BCUT2D eigenvalue weighted by Crippen LogP contribution is 2.37. The first-order chi connectivity index (χ1) is 8.22. The van der Waals surface area contributed by atoms with Crippen LogP contribution >= 0.6 is 15.9 Å². The van der Waals surface area contributed by atoms with Crippen LogP contribution in [0.3, 0.4) is 0 Å². The van der Waals surface area contributed by atoms with Crippen LogP contribution in [-0.2, 0) is 0 Å². The average molecular weight is 296 g/mol. The molecule has 1 atom stereocenters. The highest BCUT2D eigenvalue weighted by molar-refractivity contribution is 9.10. The lowest BCUT2D eigenvalue weighted by atomic mass is 9.81. The maximum Gasteiger partial charge on any atom is 0.0357 e. The van der Waals surface area contributed by atoms with Crippen molar-refractivity contribution in [3.63, 3.8) is 0 Å². The van der Waals surface area contributed by atoms with E-state index in [1.54, 1.807) is 0 Å². The highest BCUT2D eigenvalue weighted by Gasteiger charge is 2.24. The number of benzene rings is 1. The van der Waals surface area contributed by atoms with Crippen molar-refractivity contribution < 1.29 is 0 Å². The van der Waals surface area contributed by atoms with Gasteiger partial charge < -0.3 is 5.32 Å². The van der Waals surface area contributed by atoms with Crippen molar-refractivity contribution in [2.45, 2.75) is 45.1 Å². The number of rotatable bonds is 3. The van der Waals surface area contributed by atoms with Gasteiger partial charge in [-0.25, -0.2) is 0 Å². The van der Waals surface area contributed by atoms with E-state index in [0.717, 1.165) is 5.92 Å². The molecular formula is C15H22BrN. The maximum absolute atomic E-state index is 3.72. The molecule has 1 aromatic carbocycles. The van der Waals surface area contributed by atoms with Crippen LogP contribution in [0.15, 0.2) is 22.7 Å². The average Bonchev–Trinajstić information content (AvgIpc) is 2.34. The lowest BCUT2D eigenvalue weighted by Crippen LogP contribution is -2.27. The molecule has 1 aromatic rings. The molecule has 0 saturated heterocycles. The SMILES string of the molecule is CNC(c1ccc(C)cc1Br)C1CCCCC1. The standard InChI is InChI=1S/C15H22BrN/c1-11-8-9-13(14(16)10-11)15(17-2)12-6-4-3-5-7-12/h8-10,12,15,17H,3-7H2,1-2H3. The van der Waals surface area contributed by atoms with Gasteiger partial charge in [-0.2, -0.15) is 0 Å². The molecule has 0 spiro atoms. The van der Waals surface area contributed by atoms with Crippen LogP contribution in [0.2, 0.25) is 0 Å². The molecule has 0 bridgehead atoms. The van der Waals surface area contributed by atoms with E-state index in [9.17, 15) is 0 Å². The van der Waals surface area contributed by atoms with Crippen molar-refractivity contribution in [2.24, 2.45) is 5.92 Å². The summed E-state index contributed by atoms with van der Waals surface area (Å²) in [5.74, 6) is 0.799. The Hall–Kier alpha value is -0.340. The molecule has 17 heavy (non-hydrogen) atoms. The molecule has 0 amide bonds. The van der Waals surface area contributed by atoms with Gasteiger partial charge >= 0.3 is 0 Å². The lowest BCUT2D eigenvalue weighted by molar-refractivity contribution is 0.281.